The Morgan fingerprint density at radius 3 is 2.94 bits per heavy atom. The monoisotopic (exact) mass is 259 g/mol. The fraction of sp³-hybridized carbons (Fsp3) is 0.923. The predicted octanol–water partition coefficient (Wildman–Crippen LogP) is 1.11. The van der Waals surface area contributed by atoms with E-state index in [2.05, 4.69) is 12.2 Å². The zero-order valence-electron chi connectivity index (χ0n) is 11.3. The number of hydrogen-bond acceptors (Lipinski definition) is 5. The maximum atomic E-state index is 11.4. The highest BCUT2D eigenvalue weighted by Crippen LogP contribution is 2.12. The Bertz CT molecular complexity index is 217. The third-order valence-electron chi connectivity index (χ3n) is 2.79. The molecule has 1 aliphatic heterocycles. The second-order valence-corrected chi connectivity index (χ2v) is 4.39. The lowest BCUT2D eigenvalue weighted by molar-refractivity contribution is -0.155. The average Bonchev–Trinajstić information content (AvgIpc) is 2.90. The number of nitrogens with one attached hydrogen (secondary N) is 1. The first-order valence-corrected chi connectivity index (χ1v) is 6.91. The molecule has 1 atom stereocenters. The quantitative estimate of drug-likeness (QED) is 0.470. The fourth-order valence-corrected chi connectivity index (χ4v) is 1.73. The van der Waals surface area contributed by atoms with Crippen LogP contribution in [0, 0.1) is 0 Å². The Kier molecular flexibility index (Phi) is 8.81. The molecule has 0 aromatic carbocycles. The van der Waals surface area contributed by atoms with Crippen molar-refractivity contribution in [3.8, 4) is 0 Å². The summed E-state index contributed by atoms with van der Waals surface area (Å²) in [6, 6.07) is 0. The summed E-state index contributed by atoms with van der Waals surface area (Å²) >= 11 is 0. The first kappa shape index (κ1) is 15.4. The summed E-state index contributed by atoms with van der Waals surface area (Å²) in [6.45, 7) is 6.14. The van der Waals surface area contributed by atoms with Gasteiger partial charge in [-0.1, -0.05) is 13.3 Å². The molecule has 1 aliphatic rings. The molecule has 1 unspecified atom stereocenters. The van der Waals surface area contributed by atoms with Gasteiger partial charge in [0.05, 0.1) is 13.2 Å². The molecule has 1 rings (SSSR count). The van der Waals surface area contributed by atoms with E-state index in [0.717, 1.165) is 25.9 Å². The van der Waals surface area contributed by atoms with E-state index in [4.69, 9.17) is 14.2 Å². The molecule has 0 aromatic heterocycles. The second-order valence-electron chi connectivity index (χ2n) is 4.39. The summed E-state index contributed by atoms with van der Waals surface area (Å²) < 4.78 is 15.6. The lowest BCUT2D eigenvalue weighted by Gasteiger charge is -2.10. The minimum atomic E-state index is -0.347. The van der Waals surface area contributed by atoms with Gasteiger partial charge in [-0.15, -0.1) is 0 Å². The van der Waals surface area contributed by atoms with E-state index >= 15 is 0 Å². The minimum absolute atomic E-state index is 0.253. The maximum absolute atomic E-state index is 11.4. The van der Waals surface area contributed by atoms with E-state index < -0.39 is 0 Å². The normalized spacial score (nSPS) is 19.1. The summed E-state index contributed by atoms with van der Waals surface area (Å²) in [5.74, 6) is -0.253. The smallest absolute Gasteiger partial charge is 0.335 e. The van der Waals surface area contributed by atoms with Crippen LogP contribution in [0.5, 0.6) is 0 Å². The second kappa shape index (κ2) is 10.3. The van der Waals surface area contributed by atoms with Crippen LogP contribution >= 0.6 is 0 Å². The molecule has 0 aliphatic carbocycles. The van der Waals surface area contributed by atoms with Crippen molar-refractivity contribution in [3.63, 3.8) is 0 Å². The molecule has 0 aromatic rings. The van der Waals surface area contributed by atoms with Crippen molar-refractivity contribution in [3.05, 3.63) is 0 Å². The first-order chi connectivity index (χ1) is 8.84. The van der Waals surface area contributed by atoms with Crippen LogP contribution in [-0.4, -0.2) is 51.6 Å². The largest absolute Gasteiger partial charge is 0.461 e. The Hall–Kier alpha value is -0.650. The minimum Gasteiger partial charge on any atom is -0.461 e. The highest BCUT2D eigenvalue weighted by molar-refractivity contribution is 5.74. The van der Waals surface area contributed by atoms with E-state index in [1.807, 2.05) is 0 Å². The fourth-order valence-electron chi connectivity index (χ4n) is 1.73. The SMILES string of the molecule is CCCCNCCOCCOC(=O)C1CCCO1. The van der Waals surface area contributed by atoms with Gasteiger partial charge in [-0.3, -0.25) is 0 Å². The predicted molar refractivity (Wildman–Crippen MR) is 68.5 cm³/mol. The van der Waals surface area contributed by atoms with Crippen LogP contribution in [0.25, 0.3) is 0 Å². The number of carbonyl (C=O) groups is 1. The number of unbranched alkanes of at least 4 members (excludes halogenated alkanes) is 1. The van der Waals surface area contributed by atoms with Crippen molar-refractivity contribution in [1.29, 1.82) is 0 Å². The lowest BCUT2D eigenvalue weighted by atomic mass is 10.2. The third kappa shape index (κ3) is 6.93. The number of ether oxygens (including phenoxy) is 3. The zero-order chi connectivity index (χ0) is 13.1. The molecule has 0 radical (unpaired) electrons. The molecule has 1 N–H and O–H groups in total. The standard InChI is InChI=1S/C13H25NO4/c1-2-3-6-14-7-9-16-10-11-18-13(15)12-5-4-8-17-12/h12,14H,2-11H2,1H3. The molecule has 0 bridgehead atoms. The highest BCUT2D eigenvalue weighted by atomic mass is 16.6. The number of hydrogen-bond donors (Lipinski definition) is 1. The maximum Gasteiger partial charge on any atom is 0.335 e. The summed E-state index contributed by atoms with van der Waals surface area (Å²) in [4.78, 5) is 11.4. The Labute approximate surface area is 109 Å². The average molecular weight is 259 g/mol. The van der Waals surface area contributed by atoms with Gasteiger partial charge >= 0.3 is 5.97 Å². The Morgan fingerprint density at radius 1 is 1.33 bits per heavy atom. The van der Waals surface area contributed by atoms with Gasteiger partial charge in [0, 0.05) is 13.2 Å². The van der Waals surface area contributed by atoms with E-state index in [1.54, 1.807) is 0 Å². The molecule has 18 heavy (non-hydrogen) atoms. The van der Waals surface area contributed by atoms with Crippen LogP contribution in [0.3, 0.4) is 0 Å². The molecule has 0 saturated carbocycles. The summed E-state index contributed by atoms with van der Waals surface area (Å²) in [6.07, 6.45) is 3.77. The highest BCUT2D eigenvalue weighted by Gasteiger charge is 2.24. The van der Waals surface area contributed by atoms with Crippen molar-refractivity contribution in [1.82, 2.24) is 5.32 Å². The summed E-state index contributed by atoms with van der Waals surface area (Å²) in [7, 11) is 0. The Balaban J connectivity index is 1.82. The molecule has 1 fully saturated rings. The van der Waals surface area contributed by atoms with Gasteiger partial charge in [-0.25, -0.2) is 4.79 Å². The number of esters is 1. The van der Waals surface area contributed by atoms with Crippen molar-refractivity contribution in [2.24, 2.45) is 0 Å². The van der Waals surface area contributed by atoms with Crippen LogP contribution in [-0.2, 0) is 19.0 Å². The molecular formula is C13H25NO4. The van der Waals surface area contributed by atoms with Crippen LogP contribution in [0.1, 0.15) is 32.6 Å². The summed E-state index contributed by atoms with van der Waals surface area (Å²) in [5, 5.41) is 3.28. The topological polar surface area (TPSA) is 56.8 Å². The van der Waals surface area contributed by atoms with Crippen molar-refractivity contribution < 1.29 is 19.0 Å². The third-order valence-corrected chi connectivity index (χ3v) is 2.79. The number of carbonyl (C=O) groups excluding carboxylic acids is 1. The van der Waals surface area contributed by atoms with Gasteiger partial charge in [0.1, 0.15) is 6.61 Å². The lowest BCUT2D eigenvalue weighted by Crippen LogP contribution is -2.25. The van der Waals surface area contributed by atoms with Crippen molar-refractivity contribution in [2.45, 2.75) is 38.7 Å². The first-order valence-electron chi connectivity index (χ1n) is 6.91. The molecule has 0 amide bonds. The van der Waals surface area contributed by atoms with Gasteiger partial charge in [-0.05, 0) is 25.8 Å². The zero-order valence-corrected chi connectivity index (χ0v) is 11.3. The van der Waals surface area contributed by atoms with E-state index in [1.165, 1.54) is 12.8 Å². The molecule has 1 heterocycles. The summed E-state index contributed by atoms with van der Waals surface area (Å²) in [5.41, 5.74) is 0. The van der Waals surface area contributed by atoms with Crippen molar-refractivity contribution >= 4 is 5.97 Å². The molecule has 5 nitrogen and oxygen atoms in total. The van der Waals surface area contributed by atoms with Crippen LogP contribution < -0.4 is 5.32 Å². The molecular weight excluding hydrogens is 234 g/mol. The van der Waals surface area contributed by atoms with Gasteiger partial charge in [0.2, 0.25) is 0 Å². The van der Waals surface area contributed by atoms with Crippen molar-refractivity contribution in [2.75, 3.05) is 39.5 Å². The molecule has 0 spiro atoms. The van der Waals surface area contributed by atoms with Gasteiger partial charge in [0.25, 0.3) is 0 Å². The van der Waals surface area contributed by atoms with Crippen LogP contribution in [0.4, 0.5) is 0 Å². The molecule has 106 valence electrons. The van der Waals surface area contributed by atoms with Gasteiger partial charge in [0.15, 0.2) is 6.10 Å². The van der Waals surface area contributed by atoms with Gasteiger partial charge < -0.3 is 19.5 Å². The van der Waals surface area contributed by atoms with Crippen LogP contribution in [0.15, 0.2) is 0 Å². The molecule has 1 saturated heterocycles. The Morgan fingerprint density at radius 2 is 2.22 bits per heavy atom. The molecule has 5 heteroatoms. The van der Waals surface area contributed by atoms with Crippen LogP contribution in [0.2, 0.25) is 0 Å². The van der Waals surface area contributed by atoms with E-state index in [0.29, 0.717) is 26.4 Å². The number of rotatable bonds is 10. The van der Waals surface area contributed by atoms with Gasteiger partial charge in [-0.2, -0.15) is 0 Å². The van der Waals surface area contributed by atoms with E-state index in [9.17, 15) is 4.79 Å². The van der Waals surface area contributed by atoms with E-state index in [-0.39, 0.29) is 12.1 Å².